The first kappa shape index (κ1) is 13.0. The van der Waals surface area contributed by atoms with Gasteiger partial charge in [0.15, 0.2) is 0 Å². The molecule has 0 aromatic heterocycles. The molecule has 0 fully saturated rings. The molecule has 1 amide bonds. The molecule has 0 bridgehead atoms. The van der Waals surface area contributed by atoms with Crippen LogP contribution in [-0.2, 0) is 4.79 Å². The quantitative estimate of drug-likeness (QED) is 0.847. The first-order valence-corrected chi connectivity index (χ1v) is 5.66. The second-order valence-electron chi connectivity index (χ2n) is 3.76. The number of benzene rings is 1. The van der Waals surface area contributed by atoms with Crippen molar-refractivity contribution >= 4 is 17.5 Å². The number of carbonyl (C=O) groups excluding carboxylic acids is 1. The van der Waals surface area contributed by atoms with E-state index in [9.17, 15) is 4.79 Å². The highest BCUT2D eigenvalue weighted by molar-refractivity contribution is 6.31. The summed E-state index contributed by atoms with van der Waals surface area (Å²) in [5.41, 5.74) is 0.931. The van der Waals surface area contributed by atoms with Crippen molar-refractivity contribution in [1.82, 2.24) is 10.6 Å². The summed E-state index contributed by atoms with van der Waals surface area (Å²) in [4.78, 5) is 11.7. The molecule has 0 aliphatic carbocycles. The number of likely N-dealkylation sites (N-methyl/N-ethyl adjacent to an activating group) is 1. The van der Waals surface area contributed by atoms with Crippen molar-refractivity contribution < 1.29 is 4.79 Å². The van der Waals surface area contributed by atoms with Crippen molar-refractivity contribution in [2.24, 2.45) is 0 Å². The molecule has 1 aromatic rings. The van der Waals surface area contributed by atoms with Crippen LogP contribution < -0.4 is 10.6 Å². The van der Waals surface area contributed by atoms with Gasteiger partial charge in [-0.15, -0.1) is 0 Å². The van der Waals surface area contributed by atoms with Crippen molar-refractivity contribution in [3.05, 3.63) is 34.9 Å². The summed E-state index contributed by atoms with van der Waals surface area (Å²) in [6.07, 6.45) is 0. The van der Waals surface area contributed by atoms with Crippen molar-refractivity contribution in [2.45, 2.75) is 25.9 Å². The molecule has 0 aliphatic heterocycles. The van der Waals surface area contributed by atoms with Crippen LogP contribution >= 0.6 is 11.6 Å². The first-order chi connectivity index (χ1) is 7.56. The molecule has 1 aromatic carbocycles. The van der Waals surface area contributed by atoms with Crippen molar-refractivity contribution in [3.63, 3.8) is 0 Å². The average Bonchev–Trinajstić information content (AvgIpc) is 2.28. The van der Waals surface area contributed by atoms with Crippen molar-refractivity contribution in [3.8, 4) is 0 Å². The summed E-state index contributed by atoms with van der Waals surface area (Å²) in [6.45, 7) is 3.73. The van der Waals surface area contributed by atoms with Gasteiger partial charge in [-0.3, -0.25) is 4.79 Å². The normalized spacial score (nSPS) is 14.2. The molecular weight excluding hydrogens is 224 g/mol. The molecule has 3 nitrogen and oxygen atoms in total. The number of hydrogen-bond donors (Lipinski definition) is 2. The molecule has 1 unspecified atom stereocenters. The Balaban J connectivity index is 2.69. The summed E-state index contributed by atoms with van der Waals surface area (Å²) < 4.78 is 0. The van der Waals surface area contributed by atoms with E-state index in [2.05, 4.69) is 10.6 Å². The summed E-state index contributed by atoms with van der Waals surface area (Å²) in [5.74, 6) is -0.0325. The fraction of sp³-hybridized carbons (Fsp3) is 0.417. The highest BCUT2D eigenvalue weighted by atomic mass is 35.5. The minimum atomic E-state index is -0.204. The lowest BCUT2D eigenvalue weighted by Gasteiger charge is -2.18. The second-order valence-corrected chi connectivity index (χ2v) is 4.17. The molecular formula is C12H17ClN2O. The van der Waals surface area contributed by atoms with Crippen LogP contribution in [-0.4, -0.2) is 19.0 Å². The molecule has 0 spiro atoms. The zero-order chi connectivity index (χ0) is 12.1. The maximum Gasteiger partial charge on any atom is 0.237 e. The Labute approximate surface area is 101 Å². The largest absolute Gasteiger partial charge is 0.348 e. The van der Waals surface area contributed by atoms with Gasteiger partial charge in [0.2, 0.25) is 5.91 Å². The third-order valence-corrected chi connectivity index (χ3v) is 2.90. The zero-order valence-corrected chi connectivity index (χ0v) is 10.5. The summed E-state index contributed by atoms with van der Waals surface area (Å²) in [6, 6.07) is 7.22. The summed E-state index contributed by atoms with van der Waals surface area (Å²) >= 11 is 6.05. The van der Waals surface area contributed by atoms with Crippen LogP contribution in [0.2, 0.25) is 5.02 Å². The maximum atomic E-state index is 11.7. The van der Waals surface area contributed by atoms with Gasteiger partial charge in [0.1, 0.15) is 0 Å². The third-order valence-electron chi connectivity index (χ3n) is 2.56. The smallest absolute Gasteiger partial charge is 0.237 e. The van der Waals surface area contributed by atoms with Gasteiger partial charge < -0.3 is 10.6 Å². The van der Waals surface area contributed by atoms with Gasteiger partial charge >= 0.3 is 0 Å². The topological polar surface area (TPSA) is 41.1 Å². The lowest BCUT2D eigenvalue weighted by Crippen LogP contribution is -2.41. The van der Waals surface area contributed by atoms with Crippen molar-refractivity contribution in [2.75, 3.05) is 7.05 Å². The number of rotatable bonds is 4. The van der Waals surface area contributed by atoms with Crippen LogP contribution in [0.25, 0.3) is 0 Å². The number of halogens is 1. The predicted molar refractivity (Wildman–Crippen MR) is 66.5 cm³/mol. The molecule has 1 rings (SSSR count). The summed E-state index contributed by atoms with van der Waals surface area (Å²) in [5, 5.41) is 6.47. The van der Waals surface area contributed by atoms with Crippen LogP contribution in [0.5, 0.6) is 0 Å². The van der Waals surface area contributed by atoms with Crippen LogP contribution in [0.3, 0.4) is 0 Å². The number of nitrogens with one attached hydrogen (secondary N) is 2. The molecule has 0 saturated heterocycles. The van der Waals surface area contributed by atoms with Gasteiger partial charge in [-0.2, -0.15) is 0 Å². The zero-order valence-electron chi connectivity index (χ0n) is 9.75. The van der Waals surface area contributed by atoms with E-state index < -0.39 is 0 Å². The Morgan fingerprint density at radius 2 is 1.94 bits per heavy atom. The molecule has 0 saturated carbocycles. The van der Waals surface area contributed by atoms with E-state index in [1.807, 2.05) is 38.1 Å². The Morgan fingerprint density at radius 3 is 2.50 bits per heavy atom. The van der Waals surface area contributed by atoms with E-state index in [0.717, 1.165) is 5.56 Å². The minimum absolute atomic E-state index is 0.0325. The number of hydrogen-bond acceptors (Lipinski definition) is 2. The predicted octanol–water partition coefficient (Wildman–Crippen LogP) is 2.13. The minimum Gasteiger partial charge on any atom is -0.348 e. The monoisotopic (exact) mass is 240 g/mol. The Hall–Kier alpha value is -1.06. The number of amides is 1. The van der Waals surface area contributed by atoms with E-state index in [4.69, 9.17) is 11.6 Å². The highest BCUT2D eigenvalue weighted by Crippen LogP contribution is 2.21. The number of carbonyl (C=O) groups is 1. The Bertz CT molecular complexity index is 368. The van der Waals surface area contributed by atoms with E-state index in [1.54, 1.807) is 7.05 Å². The first-order valence-electron chi connectivity index (χ1n) is 5.28. The van der Waals surface area contributed by atoms with Gasteiger partial charge in [-0.1, -0.05) is 29.8 Å². The SMILES string of the molecule is CNC(C)C(=O)N[C@H](C)c1ccccc1Cl. The van der Waals surface area contributed by atoms with Crippen LogP contribution in [0.4, 0.5) is 0 Å². The van der Waals surface area contributed by atoms with Gasteiger partial charge in [0.05, 0.1) is 12.1 Å². The molecule has 16 heavy (non-hydrogen) atoms. The standard InChI is InChI=1S/C12H17ClN2O/c1-8(15-12(16)9(2)14-3)10-6-4-5-7-11(10)13/h4-9,14H,1-3H3,(H,15,16)/t8-,9?/m1/s1. The molecule has 0 radical (unpaired) electrons. The van der Waals surface area contributed by atoms with E-state index in [0.29, 0.717) is 5.02 Å². The third kappa shape index (κ3) is 3.22. The molecule has 0 aliphatic rings. The second kappa shape index (κ2) is 5.87. The maximum absolute atomic E-state index is 11.7. The highest BCUT2D eigenvalue weighted by Gasteiger charge is 2.15. The lowest BCUT2D eigenvalue weighted by atomic mass is 10.1. The molecule has 88 valence electrons. The molecule has 2 atom stereocenters. The van der Waals surface area contributed by atoms with Crippen molar-refractivity contribution in [1.29, 1.82) is 0 Å². The average molecular weight is 241 g/mol. The molecule has 2 N–H and O–H groups in total. The van der Waals surface area contributed by atoms with E-state index in [-0.39, 0.29) is 18.0 Å². The van der Waals surface area contributed by atoms with Gasteiger partial charge in [-0.25, -0.2) is 0 Å². The van der Waals surface area contributed by atoms with Crippen LogP contribution in [0, 0.1) is 0 Å². The lowest BCUT2D eigenvalue weighted by molar-refractivity contribution is -0.123. The van der Waals surface area contributed by atoms with Gasteiger partial charge in [0.25, 0.3) is 0 Å². The van der Waals surface area contributed by atoms with Gasteiger partial charge in [-0.05, 0) is 32.5 Å². The fourth-order valence-electron chi connectivity index (χ4n) is 1.37. The molecule has 0 heterocycles. The van der Waals surface area contributed by atoms with E-state index >= 15 is 0 Å². The van der Waals surface area contributed by atoms with E-state index in [1.165, 1.54) is 0 Å². The van der Waals surface area contributed by atoms with Gasteiger partial charge in [0, 0.05) is 5.02 Å². The Kier molecular flexibility index (Phi) is 4.77. The van der Waals surface area contributed by atoms with Crippen LogP contribution in [0.1, 0.15) is 25.5 Å². The Morgan fingerprint density at radius 1 is 1.31 bits per heavy atom. The fourth-order valence-corrected chi connectivity index (χ4v) is 1.67. The summed E-state index contributed by atoms with van der Waals surface area (Å²) in [7, 11) is 1.75. The van der Waals surface area contributed by atoms with Crippen LogP contribution in [0.15, 0.2) is 24.3 Å². The molecule has 4 heteroatoms.